The Morgan fingerprint density at radius 3 is 0.688 bits per heavy atom. The third kappa shape index (κ3) is 66.7. The van der Waals surface area contributed by atoms with Gasteiger partial charge in [-0.1, -0.05) is 366 Å². The minimum Gasteiger partial charge on any atom is -0.462 e. The fourth-order valence-electron chi connectivity index (χ4n) is 11.2. The van der Waals surface area contributed by atoms with Gasteiger partial charge in [0.05, 0.1) is 0 Å². The monoisotopic (exact) mass is 1130 g/mol. The molecule has 0 aromatic carbocycles. The first-order chi connectivity index (χ1) is 39.5. The highest BCUT2D eigenvalue weighted by molar-refractivity contribution is 5.71. The molecule has 0 aliphatic carbocycles. The second-order valence-electron chi connectivity index (χ2n) is 24.9. The molecule has 0 saturated heterocycles. The van der Waals surface area contributed by atoms with E-state index in [-0.39, 0.29) is 31.1 Å². The molecule has 0 fully saturated rings. The molecule has 0 aromatic heterocycles. The highest BCUT2D eigenvalue weighted by Crippen LogP contribution is 2.19. The van der Waals surface area contributed by atoms with Gasteiger partial charge < -0.3 is 14.2 Å². The van der Waals surface area contributed by atoms with E-state index >= 15 is 0 Å². The van der Waals surface area contributed by atoms with Crippen LogP contribution in [0.4, 0.5) is 0 Å². The van der Waals surface area contributed by atoms with Crippen LogP contribution in [-0.4, -0.2) is 37.2 Å². The lowest BCUT2D eigenvalue weighted by molar-refractivity contribution is -0.167. The number of ether oxygens (including phenoxy) is 3. The maximum atomic E-state index is 13.0. The molecule has 0 N–H and O–H groups in total. The van der Waals surface area contributed by atoms with E-state index in [1.165, 1.54) is 308 Å². The molecular weight excluding hydrogens is 985 g/mol. The first-order valence-corrected chi connectivity index (χ1v) is 36.3. The minimum absolute atomic E-state index is 0.0651. The van der Waals surface area contributed by atoms with Gasteiger partial charge in [-0.05, 0) is 51.4 Å². The SMILES string of the molecule is CCCCCCC/C=C\C/C=C\CCCCCCCCCCCCCC(=O)OC(COC(=O)CCCCCCCCCCCCCCC)COC(=O)CCCCCCCCCCCCCCCCCCCCCCCCCCCC. The van der Waals surface area contributed by atoms with E-state index in [1.54, 1.807) is 0 Å². The summed E-state index contributed by atoms with van der Waals surface area (Å²) in [5.41, 5.74) is 0. The Morgan fingerprint density at radius 2 is 0.450 bits per heavy atom. The molecule has 0 radical (unpaired) electrons. The summed E-state index contributed by atoms with van der Waals surface area (Å²) in [6.45, 7) is 6.71. The molecule has 472 valence electrons. The number of carbonyl (C=O) groups is 3. The summed E-state index contributed by atoms with van der Waals surface area (Å²) in [5.74, 6) is -0.833. The molecule has 1 unspecified atom stereocenters. The predicted octanol–water partition coefficient (Wildman–Crippen LogP) is 25.0. The van der Waals surface area contributed by atoms with E-state index in [0.717, 1.165) is 64.2 Å². The third-order valence-corrected chi connectivity index (χ3v) is 16.7. The van der Waals surface area contributed by atoms with Crippen LogP contribution in [0.15, 0.2) is 24.3 Å². The molecule has 1 atom stereocenters. The van der Waals surface area contributed by atoms with Crippen molar-refractivity contribution in [2.45, 2.75) is 419 Å². The van der Waals surface area contributed by atoms with Gasteiger partial charge in [0.1, 0.15) is 13.2 Å². The maximum Gasteiger partial charge on any atom is 0.306 e. The Labute approximate surface area is 500 Å². The second-order valence-corrected chi connectivity index (χ2v) is 24.9. The van der Waals surface area contributed by atoms with Crippen LogP contribution in [0.5, 0.6) is 0 Å². The van der Waals surface area contributed by atoms with E-state index in [4.69, 9.17) is 14.2 Å². The van der Waals surface area contributed by atoms with Gasteiger partial charge in [0.25, 0.3) is 0 Å². The summed E-state index contributed by atoms with van der Waals surface area (Å²) >= 11 is 0. The van der Waals surface area contributed by atoms with E-state index in [2.05, 4.69) is 45.1 Å². The Hall–Kier alpha value is -2.11. The van der Waals surface area contributed by atoms with Crippen molar-refractivity contribution in [1.82, 2.24) is 0 Å². The highest BCUT2D eigenvalue weighted by atomic mass is 16.6. The smallest absolute Gasteiger partial charge is 0.306 e. The van der Waals surface area contributed by atoms with E-state index in [0.29, 0.717) is 19.3 Å². The molecule has 0 aliphatic rings. The Balaban J connectivity index is 4.20. The van der Waals surface area contributed by atoms with Crippen LogP contribution < -0.4 is 0 Å². The van der Waals surface area contributed by atoms with Crippen molar-refractivity contribution in [1.29, 1.82) is 0 Å². The number of allylic oxidation sites excluding steroid dienone is 4. The summed E-state index contributed by atoms with van der Waals surface area (Å²) < 4.78 is 17.0. The summed E-state index contributed by atoms with van der Waals surface area (Å²) in [6.07, 6.45) is 85.0. The first-order valence-electron chi connectivity index (χ1n) is 36.3. The van der Waals surface area contributed by atoms with Gasteiger partial charge in [-0.2, -0.15) is 0 Å². The minimum atomic E-state index is -0.769. The molecule has 6 heteroatoms. The van der Waals surface area contributed by atoms with Gasteiger partial charge in [0.15, 0.2) is 6.10 Å². The number of hydrogen-bond donors (Lipinski definition) is 0. The van der Waals surface area contributed by atoms with E-state index in [1.807, 2.05) is 0 Å². The van der Waals surface area contributed by atoms with Gasteiger partial charge in [0.2, 0.25) is 0 Å². The fraction of sp³-hybridized carbons (Fsp3) is 0.905. The van der Waals surface area contributed by atoms with Crippen molar-refractivity contribution in [3.8, 4) is 0 Å². The van der Waals surface area contributed by atoms with Crippen LogP contribution in [0.1, 0.15) is 412 Å². The quantitative estimate of drug-likeness (QED) is 0.0261. The Kier molecular flexibility index (Phi) is 67.6. The molecule has 80 heavy (non-hydrogen) atoms. The maximum absolute atomic E-state index is 13.0. The molecule has 0 heterocycles. The molecule has 0 aliphatic heterocycles. The molecule has 0 amide bonds. The van der Waals surface area contributed by atoms with Crippen LogP contribution in [0, 0.1) is 0 Å². The molecule has 0 spiro atoms. The van der Waals surface area contributed by atoms with Crippen LogP contribution in [-0.2, 0) is 28.6 Å². The lowest BCUT2D eigenvalue weighted by atomic mass is 10.0. The van der Waals surface area contributed by atoms with Crippen molar-refractivity contribution in [2.75, 3.05) is 13.2 Å². The first kappa shape index (κ1) is 77.9. The van der Waals surface area contributed by atoms with Crippen molar-refractivity contribution >= 4 is 17.9 Å². The summed E-state index contributed by atoms with van der Waals surface area (Å²) in [7, 11) is 0. The fourth-order valence-corrected chi connectivity index (χ4v) is 11.2. The standard InChI is InChI=1S/C74H140O6/c1-4-7-10-13-16-19-22-25-27-29-31-33-35-36-37-39-40-42-44-46-49-52-55-58-61-64-67-73(76)79-70-71(69-78-72(75)66-63-60-57-54-51-48-24-21-18-15-12-9-6-3)80-74(77)68-65-62-59-56-53-50-47-45-43-41-38-34-32-30-28-26-23-20-17-14-11-8-5-2/h23,26,30,32,71H,4-22,24-25,27-29,31,33-70H2,1-3H3/b26-23-,32-30-. The van der Waals surface area contributed by atoms with Crippen LogP contribution >= 0.6 is 0 Å². The van der Waals surface area contributed by atoms with Gasteiger partial charge in [0, 0.05) is 19.3 Å². The topological polar surface area (TPSA) is 78.9 Å². The molecule has 0 saturated carbocycles. The highest BCUT2D eigenvalue weighted by Gasteiger charge is 2.19. The van der Waals surface area contributed by atoms with Crippen LogP contribution in [0.3, 0.4) is 0 Å². The van der Waals surface area contributed by atoms with Gasteiger partial charge in [-0.15, -0.1) is 0 Å². The van der Waals surface area contributed by atoms with Gasteiger partial charge in [-0.3, -0.25) is 14.4 Å². The third-order valence-electron chi connectivity index (χ3n) is 16.7. The zero-order valence-electron chi connectivity index (χ0n) is 54.4. The molecule has 0 aromatic rings. The van der Waals surface area contributed by atoms with Gasteiger partial charge >= 0.3 is 17.9 Å². The molecule has 6 nitrogen and oxygen atoms in total. The lowest BCUT2D eigenvalue weighted by Crippen LogP contribution is -2.30. The van der Waals surface area contributed by atoms with Crippen LogP contribution in [0.2, 0.25) is 0 Å². The van der Waals surface area contributed by atoms with Crippen LogP contribution in [0.25, 0.3) is 0 Å². The number of rotatable bonds is 68. The number of carbonyl (C=O) groups excluding carboxylic acids is 3. The van der Waals surface area contributed by atoms with E-state index in [9.17, 15) is 14.4 Å². The van der Waals surface area contributed by atoms with Gasteiger partial charge in [-0.25, -0.2) is 0 Å². The average Bonchev–Trinajstić information content (AvgIpc) is 3.46. The largest absolute Gasteiger partial charge is 0.462 e. The average molecular weight is 1130 g/mol. The normalized spacial score (nSPS) is 12.1. The molecule has 0 rings (SSSR count). The van der Waals surface area contributed by atoms with Crippen molar-refractivity contribution in [3.05, 3.63) is 24.3 Å². The molecular formula is C74H140O6. The predicted molar refractivity (Wildman–Crippen MR) is 349 cm³/mol. The summed E-state index contributed by atoms with van der Waals surface area (Å²) in [6, 6.07) is 0. The van der Waals surface area contributed by atoms with Crippen molar-refractivity contribution in [3.63, 3.8) is 0 Å². The number of hydrogen-bond acceptors (Lipinski definition) is 6. The summed E-state index contributed by atoms with van der Waals surface area (Å²) in [4.78, 5) is 38.4. The van der Waals surface area contributed by atoms with Crippen molar-refractivity contribution < 1.29 is 28.6 Å². The van der Waals surface area contributed by atoms with E-state index < -0.39 is 6.10 Å². The molecule has 0 bridgehead atoms. The Bertz CT molecular complexity index is 1290. The summed E-state index contributed by atoms with van der Waals surface area (Å²) in [5, 5.41) is 0. The zero-order chi connectivity index (χ0) is 57.8. The lowest BCUT2D eigenvalue weighted by Gasteiger charge is -2.18. The number of esters is 3. The zero-order valence-corrected chi connectivity index (χ0v) is 54.4. The number of unbranched alkanes of at least 4 members (excludes halogenated alkanes) is 53. The van der Waals surface area contributed by atoms with Crippen molar-refractivity contribution in [2.24, 2.45) is 0 Å². The Morgan fingerprint density at radius 1 is 0.250 bits per heavy atom. The second kappa shape index (κ2) is 69.4.